The molecule has 0 unspecified atom stereocenters. The number of nitrogens with zero attached hydrogens (tertiary/aromatic N) is 2. The minimum atomic E-state index is -3.80. The third-order valence-electron chi connectivity index (χ3n) is 3.81. The van der Waals surface area contributed by atoms with Gasteiger partial charge >= 0.3 is 5.69 Å². The summed E-state index contributed by atoms with van der Waals surface area (Å²) in [6.45, 7) is 0.00210. The average molecular weight is 352 g/mol. The fourth-order valence-corrected chi connectivity index (χ4v) is 4.28. The Bertz CT molecular complexity index is 912. The van der Waals surface area contributed by atoms with Gasteiger partial charge in [-0.2, -0.15) is 4.39 Å². The lowest BCUT2D eigenvalue weighted by Crippen LogP contribution is -2.26. The molecule has 0 bridgehead atoms. The highest BCUT2D eigenvalue weighted by atomic mass is 32.2. The molecular formula is C15H13FN2O5S. The smallest absolute Gasteiger partial charge is 0.311 e. The van der Waals surface area contributed by atoms with Crippen LogP contribution in [0.25, 0.3) is 0 Å². The van der Waals surface area contributed by atoms with Gasteiger partial charge in [0.1, 0.15) is 11.5 Å². The third kappa shape index (κ3) is 2.67. The average Bonchev–Trinajstić information content (AvgIpc) is 2.77. The maximum absolute atomic E-state index is 13.7. The second kappa shape index (κ2) is 5.75. The molecule has 0 spiro atoms. The molecule has 0 N–H and O–H groups in total. The quantitative estimate of drug-likeness (QED) is 0.623. The summed E-state index contributed by atoms with van der Waals surface area (Å²) < 4.78 is 44.6. The summed E-state index contributed by atoms with van der Waals surface area (Å²) in [7, 11) is -2.28. The normalized spacial score (nSPS) is 15.2. The number of benzene rings is 2. The molecule has 0 aromatic heterocycles. The summed E-state index contributed by atoms with van der Waals surface area (Å²) >= 11 is 0. The van der Waals surface area contributed by atoms with E-state index in [0.717, 1.165) is 10.4 Å². The summed E-state index contributed by atoms with van der Waals surface area (Å²) in [5.74, 6) is -1.01. The fourth-order valence-electron chi connectivity index (χ4n) is 2.66. The van der Waals surface area contributed by atoms with Crippen molar-refractivity contribution in [2.75, 3.05) is 11.4 Å². The molecule has 126 valence electrons. The molecule has 24 heavy (non-hydrogen) atoms. The number of fused-ring (bicyclic) bond motifs is 1. The van der Waals surface area contributed by atoms with Gasteiger partial charge in [0.25, 0.3) is 0 Å². The van der Waals surface area contributed by atoms with E-state index in [2.05, 4.69) is 0 Å². The van der Waals surface area contributed by atoms with Crippen molar-refractivity contribution in [2.45, 2.75) is 12.3 Å². The molecular weight excluding hydrogens is 339 g/mol. The van der Waals surface area contributed by atoms with Crippen LogP contribution in [-0.4, -0.2) is 20.5 Å². The zero-order valence-corrected chi connectivity index (χ0v) is 13.4. The molecule has 0 aliphatic carbocycles. The summed E-state index contributed by atoms with van der Waals surface area (Å²) in [4.78, 5) is 10.2. The Balaban J connectivity index is 2.03. The second-order valence-corrected chi connectivity index (χ2v) is 7.15. The Labute approximate surface area is 137 Å². The molecule has 0 radical (unpaired) electrons. The Hall–Kier alpha value is -2.68. The lowest BCUT2D eigenvalue weighted by atomic mass is 10.1. The monoisotopic (exact) mass is 352 g/mol. The van der Waals surface area contributed by atoms with Crippen LogP contribution in [0.5, 0.6) is 5.75 Å². The molecule has 2 aromatic rings. The van der Waals surface area contributed by atoms with E-state index in [0.29, 0.717) is 11.3 Å². The highest BCUT2D eigenvalue weighted by Gasteiger charge is 2.39. The standard InChI is InChI=1S/C15H13FN2O5S/c1-23-11-4-2-10(3-5-11)8-17-14-7-6-13(16)15(18(19)20)12(14)9-24(17,21)22/h2-7H,8-9H2,1H3. The molecule has 0 fully saturated rings. The third-order valence-corrected chi connectivity index (χ3v) is 5.46. The van der Waals surface area contributed by atoms with Crippen molar-refractivity contribution in [3.63, 3.8) is 0 Å². The molecule has 0 saturated carbocycles. The zero-order chi connectivity index (χ0) is 17.5. The molecule has 2 aromatic carbocycles. The van der Waals surface area contributed by atoms with Crippen LogP contribution < -0.4 is 9.04 Å². The maximum Gasteiger partial charge on any atom is 0.311 e. The van der Waals surface area contributed by atoms with Gasteiger partial charge in [-0.1, -0.05) is 12.1 Å². The van der Waals surface area contributed by atoms with E-state index in [9.17, 15) is 22.9 Å². The van der Waals surface area contributed by atoms with Gasteiger partial charge < -0.3 is 4.74 Å². The number of methoxy groups -OCH3 is 1. The number of hydrogen-bond donors (Lipinski definition) is 0. The zero-order valence-electron chi connectivity index (χ0n) is 12.6. The predicted molar refractivity (Wildman–Crippen MR) is 84.9 cm³/mol. The predicted octanol–water partition coefficient (Wildman–Crippen LogP) is 2.59. The SMILES string of the molecule is COc1ccc(CN2c3ccc(F)c([N+](=O)[O-])c3CS2(=O)=O)cc1. The van der Waals surface area contributed by atoms with E-state index in [1.54, 1.807) is 24.3 Å². The van der Waals surface area contributed by atoms with Crippen molar-refractivity contribution in [3.8, 4) is 5.75 Å². The number of nitro benzene ring substituents is 1. The topological polar surface area (TPSA) is 89.8 Å². The number of ether oxygens (including phenoxy) is 1. The molecule has 9 heteroatoms. The lowest BCUT2D eigenvalue weighted by Gasteiger charge is -2.18. The summed E-state index contributed by atoms with van der Waals surface area (Å²) in [6, 6.07) is 8.94. The Morgan fingerprint density at radius 2 is 1.92 bits per heavy atom. The summed E-state index contributed by atoms with van der Waals surface area (Å²) in [6.07, 6.45) is 0. The number of sulfonamides is 1. The van der Waals surface area contributed by atoms with Crippen molar-refractivity contribution in [1.29, 1.82) is 0 Å². The van der Waals surface area contributed by atoms with Crippen molar-refractivity contribution >= 4 is 21.4 Å². The minimum absolute atomic E-state index is 0.00210. The van der Waals surface area contributed by atoms with Crippen LogP contribution in [0.3, 0.4) is 0 Å². The van der Waals surface area contributed by atoms with Crippen LogP contribution in [-0.2, 0) is 22.3 Å². The molecule has 0 amide bonds. The fraction of sp³-hybridized carbons (Fsp3) is 0.200. The van der Waals surface area contributed by atoms with E-state index < -0.39 is 32.2 Å². The second-order valence-electron chi connectivity index (χ2n) is 5.26. The van der Waals surface area contributed by atoms with Crippen LogP contribution in [0.2, 0.25) is 0 Å². The first kappa shape index (κ1) is 16.2. The molecule has 3 rings (SSSR count). The summed E-state index contributed by atoms with van der Waals surface area (Å²) in [5, 5.41) is 11.1. The maximum atomic E-state index is 13.7. The van der Waals surface area contributed by atoms with Crippen molar-refractivity contribution in [3.05, 3.63) is 63.5 Å². The van der Waals surface area contributed by atoms with Gasteiger partial charge in [-0.3, -0.25) is 14.4 Å². The van der Waals surface area contributed by atoms with E-state index in [-0.39, 0.29) is 17.8 Å². The van der Waals surface area contributed by atoms with Crippen LogP contribution in [0, 0.1) is 15.9 Å². The lowest BCUT2D eigenvalue weighted by molar-refractivity contribution is -0.388. The van der Waals surface area contributed by atoms with Crippen LogP contribution >= 0.6 is 0 Å². The van der Waals surface area contributed by atoms with Gasteiger partial charge in [0, 0.05) is 0 Å². The van der Waals surface area contributed by atoms with Gasteiger partial charge in [-0.25, -0.2) is 8.42 Å². The first-order valence-electron chi connectivity index (χ1n) is 6.92. The molecule has 0 atom stereocenters. The highest BCUT2D eigenvalue weighted by Crippen LogP contribution is 2.41. The Morgan fingerprint density at radius 1 is 1.25 bits per heavy atom. The van der Waals surface area contributed by atoms with Crippen LogP contribution in [0.4, 0.5) is 15.8 Å². The van der Waals surface area contributed by atoms with E-state index in [1.165, 1.54) is 13.2 Å². The highest BCUT2D eigenvalue weighted by molar-refractivity contribution is 7.92. The molecule has 1 heterocycles. The van der Waals surface area contributed by atoms with Crippen molar-refractivity contribution in [1.82, 2.24) is 0 Å². The van der Waals surface area contributed by atoms with Crippen LogP contribution in [0.15, 0.2) is 36.4 Å². The van der Waals surface area contributed by atoms with E-state index >= 15 is 0 Å². The summed E-state index contributed by atoms with van der Waals surface area (Å²) in [5.41, 5.74) is -0.0834. The van der Waals surface area contributed by atoms with E-state index in [4.69, 9.17) is 4.74 Å². The molecule has 7 nitrogen and oxygen atoms in total. The van der Waals surface area contributed by atoms with E-state index in [1.807, 2.05) is 0 Å². The first-order valence-corrected chi connectivity index (χ1v) is 8.53. The van der Waals surface area contributed by atoms with Gasteiger partial charge in [0.05, 0.1) is 29.8 Å². The largest absolute Gasteiger partial charge is 0.497 e. The molecule has 1 aliphatic rings. The minimum Gasteiger partial charge on any atom is -0.497 e. The number of nitro groups is 1. The number of halogens is 1. The van der Waals surface area contributed by atoms with Crippen LogP contribution in [0.1, 0.15) is 11.1 Å². The van der Waals surface area contributed by atoms with Gasteiger partial charge in [0.2, 0.25) is 15.8 Å². The molecule has 0 saturated heterocycles. The van der Waals surface area contributed by atoms with Crippen molar-refractivity contribution in [2.24, 2.45) is 0 Å². The Morgan fingerprint density at radius 3 is 2.50 bits per heavy atom. The number of hydrogen-bond acceptors (Lipinski definition) is 5. The number of rotatable bonds is 4. The van der Waals surface area contributed by atoms with Gasteiger partial charge in [-0.05, 0) is 29.8 Å². The first-order chi connectivity index (χ1) is 11.3. The van der Waals surface area contributed by atoms with Gasteiger partial charge in [0.15, 0.2) is 0 Å². The Kier molecular flexibility index (Phi) is 3.88. The van der Waals surface area contributed by atoms with Gasteiger partial charge in [-0.15, -0.1) is 0 Å². The molecule has 1 aliphatic heterocycles. The number of anilines is 1. The van der Waals surface area contributed by atoms with Crippen molar-refractivity contribution < 1.29 is 22.5 Å².